The number of aromatic nitrogens is 1. The summed E-state index contributed by atoms with van der Waals surface area (Å²) in [6.45, 7) is 2.46. The van der Waals surface area contributed by atoms with Gasteiger partial charge in [0.1, 0.15) is 6.61 Å². The lowest BCUT2D eigenvalue weighted by Gasteiger charge is -2.17. The lowest BCUT2D eigenvalue weighted by atomic mass is 10.1. The van der Waals surface area contributed by atoms with Gasteiger partial charge in [-0.3, -0.25) is 0 Å². The van der Waals surface area contributed by atoms with Gasteiger partial charge in [0.15, 0.2) is 11.5 Å². The van der Waals surface area contributed by atoms with Gasteiger partial charge in [-0.25, -0.2) is 4.98 Å². The third-order valence-corrected chi connectivity index (χ3v) is 5.37. The second-order valence-electron chi connectivity index (χ2n) is 6.52. The Balaban J connectivity index is 1.55. The summed E-state index contributed by atoms with van der Waals surface area (Å²) in [6.07, 6.45) is 2.58. The van der Waals surface area contributed by atoms with Crippen LogP contribution in [0.15, 0.2) is 65.3 Å². The average molecular weight is 492 g/mol. The lowest BCUT2D eigenvalue weighted by molar-refractivity contribution is 0.279. The fourth-order valence-corrected chi connectivity index (χ4v) is 3.40. The van der Waals surface area contributed by atoms with Gasteiger partial charge in [-0.05, 0) is 48.9 Å². The van der Waals surface area contributed by atoms with Crippen molar-refractivity contribution >= 4 is 27.5 Å². The van der Waals surface area contributed by atoms with Crippen LogP contribution in [0.3, 0.4) is 0 Å². The number of hydrogen-bond donors (Lipinski definition) is 1. The normalized spacial score (nSPS) is 10.6. The number of benzene rings is 2. The number of nitrogens with one attached hydrogen (secondary N) is 1. The van der Waals surface area contributed by atoms with E-state index in [1.165, 1.54) is 0 Å². The second-order valence-corrected chi connectivity index (χ2v) is 7.81. The molecule has 0 spiro atoms. The first-order chi connectivity index (χ1) is 14.7. The van der Waals surface area contributed by atoms with Crippen LogP contribution in [-0.4, -0.2) is 25.2 Å². The maximum absolute atomic E-state index is 6.13. The van der Waals surface area contributed by atoms with Crippen LogP contribution in [0.2, 0.25) is 5.02 Å². The Kier molecular flexibility index (Phi) is 8.81. The largest absolute Gasteiger partial charge is 0.493 e. The van der Waals surface area contributed by atoms with Gasteiger partial charge >= 0.3 is 0 Å². The molecule has 30 heavy (non-hydrogen) atoms. The van der Waals surface area contributed by atoms with Crippen molar-refractivity contribution < 1.29 is 14.2 Å². The van der Waals surface area contributed by atoms with Crippen molar-refractivity contribution in [3.8, 4) is 17.4 Å². The van der Waals surface area contributed by atoms with Crippen LogP contribution in [-0.2, 0) is 13.2 Å². The molecule has 1 N–H and O–H groups in total. The van der Waals surface area contributed by atoms with Crippen molar-refractivity contribution in [2.45, 2.75) is 19.6 Å². The Morgan fingerprint density at radius 2 is 1.87 bits per heavy atom. The highest BCUT2D eigenvalue weighted by molar-refractivity contribution is 9.10. The molecule has 0 atom stereocenters. The monoisotopic (exact) mass is 490 g/mol. The molecule has 0 saturated carbocycles. The molecule has 0 bridgehead atoms. The Hall–Kier alpha value is -2.28. The van der Waals surface area contributed by atoms with Crippen LogP contribution in [0.4, 0.5) is 0 Å². The van der Waals surface area contributed by atoms with Gasteiger partial charge in [0.2, 0.25) is 5.88 Å². The van der Waals surface area contributed by atoms with Crippen molar-refractivity contribution in [3.63, 3.8) is 0 Å². The molecular weight excluding hydrogens is 468 g/mol. The summed E-state index contributed by atoms with van der Waals surface area (Å²) in [5.74, 6) is 2.06. The summed E-state index contributed by atoms with van der Waals surface area (Å²) in [7, 11) is 1.64. The summed E-state index contributed by atoms with van der Waals surface area (Å²) in [6, 6.07) is 17.1. The summed E-state index contributed by atoms with van der Waals surface area (Å²) < 4.78 is 18.2. The highest BCUT2D eigenvalue weighted by Gasteiger charge is 2.14. The molecule has 1 heterocycles. The smallest absolute Gasteiger partial charge is 0.213 e. The van der Waals surface area contributed by atoms with Crippen molar-refractivity contribution in [3.05, 3.63) is 81.4 Å². The average Bonchev–Trinajstić information content (AvgIpc) is 2.77. The zero-order valence-electron chi connectivity index (χ0n) is 16.7. The minimum atomic E-state index is 0.425. The van der Waals surface area contributed by atoms with Gasteiger partial charge in [-0.2, -0.15) is 0 Å². The molecule has 0 aliphatic heterocycles. The number of methoxy groups -OCH3 is 1. The molecule has 7 heteroatoms. The maximum Gasteiger partial charge on any atom is 0.213 e. The topological polar surface area (TPSA) is 52.6 Å². The fraction of sp³-hybridized carbons (Fsp3) is 0.261. The van der Waals surface area contributed by atoms with Crippen molar-refractivity contribution in [2.24, 2.45) is 0 Å². The predicted octanol–water partition coefficient (Wildman–Crippen LogP) is 5.64. The van der Waals surface area contributed by atoms with Crippen molar-refractivity contribution in [1.29, 1.82) is 0 Å². The van der Waals surface area contributed by atoms with Crippen molar-refractivity contribution in [2.75, 3.05) is 20.3 Å². The molecule has 0 radical (unpaired) electrons. The molecule has 0 amide bonds. The number of nitrogens with zero attached hydrogens (tertiary/aromatic N) is 1. The Morgan fingerprint density at radius 1 is 1.03 bits per heavy atom. The molecule has 3 aromatic rings. The van der Waals surface area contributed by atoms with Crippen LogP contribution in [0.25, 0.3) is 0 Å². The van der Waals surface area contributed by atoms with Crippen LogP contribution < -0.4 is 19.5 Å². The van der Waals surface area contributed by atoms with E-state index in [-0.39, 0.29) is 0 Å². The van der Waals surface area contributed by atoms with Gasteiger partial charge in [-0.1, -0.05) is 45.7 Å². The molecule has 0 aliphatic rings. The van der Waals surface area contributed by atoms with Gasteiger partial charge < -0.3 is 19.5 Å². The number of rotatable bonds is 11. The van der Waals surface area contributed by atoms with E-state index in [0.717, 1.165) is 34.3 Å². The van der Waals surface area contributed by atoms with E-state index in [2.05, 4.69) is 26.2 Å². The molecule has 1 aromatic heterocycles. The van der Waals surface area contributed by atoms with Crippen molar-refractivity contribution in [1.82, 2.24) is 10.3 Å². The molecule has 158 valence electrons. The number of hydrogen-bond acceptors (Lipinski definition) is 5. The second kappa shape index (κ2) is 11.8. The van der Waals surface area contributed by atoms with Crippen LogP contribution >= 0.6 is 27.5 Å². The molecule has 0 aliphatic carbocycles. The van der Waals surface area contributed by atoms with Crippen LogP contribution in [0.5, 0.6) is 17.4 Å². The van der Waals surface area contributed by atoms with E-state index in [9.17, 15) is 0 Å². The zero-order valence-corrected chi connectivity index (χ0v) is 19.1. The van der Waals surface area contributed by atoms with Gasteiger partial charge in [0.05, 0.1) is 13.7 Å². The molecule has 5 nitrogen and oxygen atoms in total. The van der Waals surface area contributed by atoms with Gasteiger partial charge in [0, 0.05) is 33.9 Å². The van der Waals surface area contributed by atoms with E-state index in [4.69, 9.17) is 25.8 Å². The van der Waals surface area contributed by atoms with E-state index in [1.807, 2.05) is 54.6 Å². The molecule has 3 rings (SSSR count). The maximum atomic E-state index is 6.13. The third kappa shape index (κ3) is 6.62. The highest BCUT2D eigenvalue weighted by atomic mass is 79.9. The first kappa shape index (κ1) is 22.4. The van der Waals surface area contributed by atoms with E-state index >= 15 is 0 Å². The quantitative estimate of drug-likeness (QED) is 0.352. The lowest BCUT2D eigenvalue weighted by Crippen LogP contribution is -2.18. The minimum Gasteiger partial charge on any atom is -0.493 e. The molecular formula is C23H24BrClN2O3. The third-order valence-electron chi connectivity index (χ3n) is 4.37. The van der Waals surface area contributed by atoms with Gasteiger partial charge in [-0.15, -0.1) is 0 Å². The highest BCUT2D eigenvalue weighted by Crippen LogP contribution is 2.36. The molecule has 0 unspecified atom stereocenters. The number of ether oxygens (including phenoxy) is 3. The zero-order chi connectivity index (χ0) is 21.2. The molecule has 0 fully saturated rings. The van der Waals surface area contributed by atoms with Gasteiger partial charge in [0.25, 0.3) is 0 Å². The summed E-state index contributed by atoms with van der Waals surface area (Å²) >= 11 is 9.60. The Labute approximate surface area is 190 Å². The Bertz CT molecular complexity index is 924. The molecule has 2 aromatic carbocycles. The van der Waals surface area contributed by atoms with Crippen LogP contribution in [0.1, 0.15) is 17.5 Å². The summed E-state index contributed by atoms with van der Waals surface area (Å²) in [5.41, 5.74) is 2.04. The van der Waals surface area contributed by atoms with E-state index in [0.29, 0.717) is 36.4 Å². The first-order valence-electron chi connectivity index (χ1n) is 9.64. The number of halogens is 2. The van der Waals surface area contributed by atoms with E-state index in [1.54, 1.807) is 13.3 Å². The van der Waals surface area contributed by atoms with E-state index < -0.39 is 0 Å². The Morgan fingerprint density at radius 3 is 2.60 bits per heavy atom. The predicted molar refractivity (Wildman–Crippen MR) is 123 cm³/mol. The summed E-state index contributed by atoms with van der Waals surface area (Å²) in [5, 5.41) is 4.15. The minimum absolute atomic E-state index is 0.425. The fourth-order valence-electron chi connectivity index (χ4n) is 2.82. The van der Waals surface area contributed by atoms with Crippen LogP contribution in [0, 0.1) is 0 Å². The summed E-state index contributed by atoms with van der Waals surface area (Å²) in [4.78, 5) is 4.15. The number of pyridine rings is 1. The SMILES string of the molecule is COc1ccc(Br)c(CNCCCOc2ccccn2)c1OCc1ccc(Cl)cc1. The standard InChI is InChI=1S/C23H24BrClN2O3/c1-28-21-11-10-20(24)19(23(21)30-16-17-6-8-18(25)9-7-17)15-26-12-4-14-29-22-5-2-3-13-27-22/h2-3,5-11,13,26H,4,12,14-16H2,1H3. The first-order valence-corrected chi connectivity index (χ1v) is 10.8. The molecule has 0 saturated heterocycles.